The smallest absolute Gasteiger partial charge is 0.245 e. The average Bonchev–Trinajstić information content (AvgIpc) is 3.20. The van der Waals surface area contributed by atoms with Gasteiger partial charge in [-0.1, -0.05) is 41.5 Å². The first-order valence-electron chi connectivity index (χ1n) is 13.6. The second-order valence-corrected chi connectivity index (χ2v) is 11.1. The third-order valence-electron chi connectivity index (χ3n) is 7.40. The number of amides is 2. The molecule has 192 valence electrons. The lowest BCUT2D eigenvalue weighted by atomic mass is 9.91. The van der Waals surface area contributed by atoms with Crippen LogP contribution in [-0.2, 0) is 28.9 Å². The van der Waals surface area contributed by atoms with Crippen molar-refractivity contribution in [1.82, 2.24) is 25.1 Å². The van der Waals surface area contributed by atoms with Crippen molar-refractivity contribution in [1.29, 1.82) is 0 Å². The molecule has 2 saturated heterocycles. The molecule has 1 aromatic heterocycles. The number of nitrogens with zero attached hydrogens (tertiary/aromatic N) is 3. The third-order valence-corrected chi connectivity index (χ3v) is 7.40. The van der Waals surface area contributed by atoms with Gasteiger partial charge in [0.15, 0.2) is 0 Å². The molecule has 2 atom stereocenters. The van der Waals surface area contributed by atoms with Gasteiger partial charge >= 0.3 is 0 Å². The Morgan fingerprint density at radius 2 is 1.76 bits per heavy atom. The van der Waals surface area contributed by atoms with Crippen LogP contribution in [0.2, 0.25) is 0 Å². The molecule has 2 amide bonds. The molecule has 0 aromatic carbocycles. The molecule has 3 rings (SSSR count). The quantitative estimate of drug-likeness (QED) is 0.544. The second kappa shape index (κ2) is 12.2. The summed E-state index contributed by atoms with van der Waals surface area (Å²) in [6, 6.07) is -0.513. The predicted molar refractivity (Wildman–Crippen MR) is 137 cm³/mol. The number of piperidine rings is 1. The van der Waals surface area contributed by atoms with Crippen molar-refractivity contribution in [2.24, 2.45) is 17.8 Å². The Hall–Kier alpha value is -1.89. The maximum Gasteiger partial charge on any atom is 0.245 e. The molecule has 1 unspecified atom stereocenters. The summed E-state index contributed by atoms with van der Waals surface area (Å²) in [5.41, 5.74) is 2.45. The molecule has 2 fully saturated rings. The highest BCUT2D eigenvalue weighted by Gasteiger charge is 2.39. The summed E-state index contributed by atoms with van der Waals surface area (Å²) in [6.07, 6.45) is 6.44. The van der Waals surface area contributed by atoms with E-state index in [1.54, 1.807) is 0 Å². The van der Waals surface area contributed by atoms with Gasteiger partial charge in [0.05, 0.1) is 11.7 Å². The fourth-order valence-electron chi connectivity index (χ4n) is 5.56. The van der Waals surface area contributed by atoms with Gasteiger partial charge in [0.25, 0.3) is 0 Å². The number of aryl methyl sites for hydroxylation is 2. The Morgan fingerprint density at radius 1 is 1.06 bits per heavy atom. The Kier molecular flexibility index (Phi) is 9.57. The van der Waals surface area contributed by atoms with Gasteiger partial charge in [-0.25, -0.2) is 4.98 Å². The van der Waals surface area contributed by atoms with Crippen LogP contribution >= 0.6 is 0 Å². The normalized spacial score (nSPS) is 21.1. The highest BCUT2D eigenvalue weighted by atomic mass is 16.2. The van der Waals surface area contributed by atoms with E-state index in [1.165, 1.54) is 11.4 Å². The van der Waals surface area contributed by atoms with E-state index in [-0.39, 0.29) is 23.9 Å². The summed E-state index contributed by atoms with van der Waals surface area (Å²) in [6.45, 7) is 15.8. The molecule has 2 N–H and O–H groups in total. The highest BCUT2D eigenvalue weighted by molar-refractivity contribution is 5.90. The van der Waals surface area contributed by atoms with E-state index < -0.39 is 0 Å². The number of imidazole rings is 1. The Bertz CT molecular complexity index is 788. The van der Waals surface area contributed by atoms with Crippen LogP contribution in [-0.4, -0.2) is 69.8 Å². The Labute approximate surface area is 206 Å². The molecule has 0 bridgehead atoms. The molecule has 0 aliphatic carbocycles. The maximum absolute atomic E-state index is 13.7. The number of carbonyl (C=O) groups excluding carboxylic acids is 2. The summed E-state index contributed by atoms with van der Waals surface area (Å²) in [5, 5.41) is 3.37. The molecule has 34 heavy (non-hydrogen) atoms. The zero-order valence-electron chi connectivity index (χ0n) is 22.3. The fraction of sp³-hybridized carbons (Fsp3) is 0.815. The van der Waals surface area contributed by atoms with Gasteiger partial charge in [-0.15, -0.1) is 0 Å². The lowest BCUT2D eigenvalue weighted by Crippen LogP contribution is -2.62. The van der Waals surface area contributed by atoms with E-state index >= 15 is 0 Å². The number of piperazine rings is 1. The molecule has 7 heteroatoms. The van der Waals surface area contributed by atoms with Crippen LogP contribution in [0.4, 0.5) is 0 Å². The van der Waals surface area contributed by atoms with Crippen molar-refractivity contribution in [2.75, 3.05) is 26.2 Å². The van der Waals surface area contributed by atoms with Crippen LogP contribution in [0.25, 0.3) is 0 Å². The number of likely N-dealkylation sites (tertiary alicyclic amines) is 1. The number of carbonyl (C=O) groups is 2. The van der Waals surface area contributed by atoms with Gasteiger partial charge in [-0.2, -0.15) is 0 Å². The van der Waals surface area contributed by atoms with Crippen molar-refractivity contribution in [3.8, 4) is 0 Å². The zero-order valence-corrected chi connectivity index (χ0v) is 22.3. The number of aromatic amines is 1. The minimum Gasteiger partial charge on any atom is -0.346 e. The van der Waals surface area contributed by atoms with Crippen LogP contribution in [0.5, 0.6) is 0 Å². The fourth-order valence-corrected chi connectivity index (χ4v) is 5.56. The topological polar surface area (TPSA) is 81.3 Å². The number of hydrogen-bond donors (Lipinski definition) is 2. The van der Waals surface area contributed by atoms with Crippen molar-refractivity contribution in [2.45, 2.75) is 98.6 Å². The third kappa shape index (κ3) is 6.61. The largest absolute Gasteiger partial charge is 0.346 e. The Balaban J connectivity index is 1.62. The van der Waals surface area contributed by atoms with E-state index in [4.69, 9.17) is 4.98 Å². The van der Waals surface area contributed by atoms with Crippen molar-refractivity contribution in [3.05, 3.63) is 17.2 Å². The number of H-pyrrole nitrogens is 1. The van der Waals surface area contributed by atoms with Crippen molar-refractivity contribution in [3.63, 3.8) is 0 Å². The SMILES string of the molecule is CCc1nc(CC2CCN(C(=O)C(CC(C)C)N3CCN[C@@H](CC(C)C)C3=O)CC2)[nH]c1CC. The maximum atomic E-state index is 13.7. The summed E-state index contributed by atoms with van der Waals surface area (Å²) >= 11 is 0. The monoisotopic (exact) mass is 473 g/mol. The van der Waals surface area contributed by atoms with Gasteiger partial charge < -0.3 is 20.1 Å². The van der Waals surface area contributed by atoms with E-state index in [0.29, 0.717) is 24.3 Å². The molecule has 1 aromatic rings. The van der Waals surface area contributed by atoms with E-state index in [9.17, 15) is 9.59 Å². The second-order valence-electron chi connectivity index (χ2n) is 11.1. The summed E-state index contributed by atoms with van der Waals surface area (Å²) in [7, 11) is 0. The number of hydrogen-bond acceptors (Lipinski definition) is 4. The minimum absolute atomic E-state index is 0.102. The summed E-state index contributed by atoms with van der Waals surface area (Å²) in [4.78, 5) is 39.2. The minimum atomic E-state index is -0.342. The lowest BCUT2D eigenvalue weighted by molar-refractivity contribution is -0.150. The molecule has 2 aliphatic rings. The average molecular weight is 474 g/mol. The molecule has 0 spiro atoms. The predicted octanol–water partition coefficient (Wildman–Crippen LogP) is 3.58. The van der Waals surface area contributed by atoms with E-state index in [1.807, 2.05) is 9.80 Å². The van der Waals surface area contributed by atoms with Crippen LogP contribution < -0.4 is 5.32 Å². The zero-order chi connectivity index (χ0) is 24.8. The molecular weight excluding hydrogens is 426 g/mol. The van der Waals surface area contributed by atoms with Crippen LogP contribution in [0.1, 0.15) is 84.4 Å². The first-order valence-corrected chi connectivity index (χ1v) is 13.6. The highest BCUT2D eigenvalue weighted by Crippen LogP contribution is 2.25. The van der Waals surface area contributed by atoms with Gasteiger partial charge in [-0.3, -0.25) is 9.59 Å². The van der Waals surface area contributed by atoms with Crippen LogP contribution in [0, 0.1) is 17.8 Å². The van der Waals surface area contributed by atoms with Crippen LogP contribution in [0.15, 0.2) is 0 Å². The van der Waals surface area contributed by atoms with Crippen molar-refractivity contribution < 1.29 is 9.59 Å². The molecular formula is C27H47N5O2. The first-order chi connectivity index (χ1) is 16.2. The number of nitrogens with one attached hydrogen (secondary N) is 2. The van der Waals surface area contributed by atoms with Gasteiger partial charge in [0, 0.05) is 38.3 Å². The first kappa shape index (κ1) is 26.7. The van der Waals surface area contributed by atoms with E-state index in [0.717, 1.165) is 70.4 Å². The number of aromatic nitrogens is 2. The van der Waals surface area contributed by atoms with Crippen LogP contribution in [0.3, 0.4) is 0 Å². The molecule has 0 radical (unpaired) electrons. The lowest BCUT2D eigenvalue weighted by Gasteiger charge is -2.42. The summed E-state index contributed by atoms with van der Waals surface area (Å²) < 4.78 is 0. The standard InChI is InChI=1S/C27H47N5O2/c1-7-21-22(8-2)30-25(29-21)17-20-9-12-31(13-10-20)27(34)24(16-19(5)6)32-14-11-28-23(26(32)33)15-18(3)4/h18-20,23-24,28H,7-17H2,1-6H3,(H,29,30)/t23-,24?/m0/s1. The molecule has 7 nitrogen and oxygen atoms in total. The molecule has 3 heterocycles. The molecule has 0 saturated carbocycles. The van der Waals surface area contributed by atoms with E-state index in [2.05, 4.69) is 51.8 Å². The van der Waals surface area contributed by atoms with Gasteiger partial charge in [-0.05, 0) is 56.3 Å². The van der Waals surface area contributed by atoms with Gasteiger partial charge in [0.2, 0.25) is 11.8 Å². The van der Waals surface area contributed by atoms with Crippen molar-refractivity contribution >= 4 is 11.8 Å². The number of rotatable bonds is 10. The summed E-state index contributed by atoms with van der Waals surface area (Å²) in [5.74, 6) is 2.69. The Morgan fingerprint density at radius 3 is 2.32 bits per heavy atom. The molecule has 2 aliphatic heterocycles. The van der Waals surface area contributed by atoms with Gasteiger partial charge in [0.1, 0.15) is 11.9 Å².